The van der Waals surface area contributed by atoms with Gasteiger partial charge in [-0.3, -0.25) is 14.2 Å². The van der Waals surface area contributed by atoms with Crippen molar-refractivity contribution in [3.8, 4) is 0 Å². The highest BCUT2D eigenvalue weighted by Gasteiger charge is 2.17. The number of carbonyl (C=O) groups is 1. The van der Waals surface area contributed by atoms with Crippen LogP contribution in [0.2, 0.25) is 0 Å². The molecule has 3 aromatic rings. The molecule has 0 spiro atoms. The van der Waals surface area contributed by atoms with Crippen LogP contribution in [0.1, 0.15) is 23.1 Å². The quantitative estimate of drug-likeness (QED) is 0.685. The van der Waals surface area contributed by atoms with Crippen molar-refractivity contribution in [1.29, 1.82) is 0 Å². The number of hydrogen-bond acceptors (Lipinski definition) is 4. The average molecular weight is 417 g/mol. The summed E-state index contributed by atoms with van der Waals surface area (Å²) in [4.78, 5) is 29.2. The van der Waals surface area contributed by atoms with Crippen LogP contribution in [0.15, 0.2) is 41.5 Å². The van der Waals surface area contributed by atoms with Crippen molar-refractivity contribution in [2.45, 2.75) is 32.9 Å². The summed E-state index contributed by atoms with van der Waals surface area (Å²) in [6, 6.07) is 8.86. The maximum atomic E-state index is 14.6. The molecule has 2 N–H and O–H groups in total. The third-order valence-corrected chi connectivity index (χ3v) is 5.12. The van der Waals surface area contributed by atoms with Crippen LogP contribution < -0.4 is 16.2 Å². The van der Waals surface area contributed by atoms with Gasteiger partial charge in [0, 0.05) is 19.5 Å². The highest BCUT2D eigenvalue weighted by Crippen LogP contribution is 2.24. The molecule has 0 saturated heterocycles. The van der Waals surface area contributed by atoms with Crippen LogP contribution in [-0.4, -0.2) is 22.0 Å². The lowest BCUT2D eigenvalue weighted by Gasteiger charge is -2.19. The van der Waals surface area contributed by atoms with Gasteiger partial charge in [0.15, 0.2) is 0 Å². The number of rotatable bonds is 4. The van der Waals surface area contributed by atoms with Crippen LogP contribution in [0.4, 0.5) is 10.1 Å². The fraction of sp³-hybridized carbons (Fsp3) is 0.286. The van der Waals surface area contributed by atoms with E-state index in [1.54, 1.807) is 12.1 Å². The highest BCUT2D eigenvalue weighted by atomic mass is 35.5. The van der Waals surface area contributed by atoms with Crippen molar-refractivity contribution < 1.29 is 9.18 Å². The summed E-state index contributed by atoms with van der Waals surface area (Å²) in [5.74, 6) is -0.712. The molecule has 0 bridgehead atoms. The van der Waals surface area contributed by atoms with Crippen LogP contribution in [-0.2, 0) is 24.3 Å². The summed E-state index contributed by atoms with van der Waals surface area (Å²) in [7, 11) is 0. The number of para-hydroxylation sites is 1. The fourth-order valence-corrected chi connectivity index (χ4v) is 3.56. The Bertz CT molecular complexity index is 1130. The number of amides is 1. The molecule has 29 heavy (non-hydrogen) atoms. The van der Waals surface area contributed by atoms with Gasteiger partial charge in [-0.25, -0.2) is 9.37 Å². The Morgan fingerprint density at radius 1 is 1.31 bits per heavy atom. The molecule has 0 atom stereocenters. The largest absolute Gasteiger partial charge is 0.324 e. The Kier molecular flexibility index (Phi) is 6.30. The van der Waals surface area contributed by atoms with Crippen LogP contribution in [0.3, 0.4) is 0 Å². The molecule has 1 aliphatic rings. The molecule has 1 amide bonds. The Hall–Kier alpha value is -2.77. The zero-order chi connectivity index (χ0) is 19.7. The molecule has 6 nitrogen and oxygen atoms in total. The van der Waals surface area contributed by atoms with Gasteiger partial charge in [0.1, 0.15) is 5.82 Å². The first-order chi connectivity index (χ1) is 13.5. The zero-order valence-corrected chi connectivity index (χ0v) is 16.8. The van der Waals surface area contributed by atoms with E-state index in [-0.39, 0.29) is 48.3 Å². The van der Waals surface area contributed by atoms with E-state index in [0.717, 1.165) is 17.7 Å². The summed E-state index contributed by atoms with van der Waals surface area (Å²) < 4.78 is 16.1. The van der Waals surface area contributed by atoms with Gasteiger partial charge >= 0.3 is 0 Å². The first-order valence-electron chi connectivity index (χ1n) is 9.30. The number of hydrogen-bond donors (Lipinski definition) is 2. The van der Waals surface area contributed by atoms with Crippen molar-refractivity contribution in [3.05, 3.63) is 69.5 Å². The maximum Gasteiger partial charge on any atom is 0.261 e. The van der Waals surface area contributed by atoms with E-state index in [2.05, 4.69) is 15.6 Å². The normalized spacial score (nSPS) is 12.9. The van der Waals surface area contributed by atoms with E-state index in [1.165, 1.54) is 10.9 Å². The fourth-order valence-electron chi connectivity index (χ4n) is 3.56. The first-order valence-corrected chi connectivity index (χ1v) is 9.30. The second-order valence-electron chi connectivity index (χ2n) is 7.00. The van der Waals surface area contributed by atoms with Gasteiger partial charge in [0.2, 0.25) is 5.91 Å². The lowest BCUT2D eigenvalue weighted by atomic mass is 9.99. The topological polar surface area (TPSA) is 76.0 Å². The van der Waals surface area contributed by atoms with Crippen molar-refractivity contribution >= 4 is 34.9 Å². The average Bonchev–Trinajstić information content (AvgIpc) is 2.70. The van der Waals surface area contributed by atoms with E-state index >= 15 is 0 Å². The van der Waals surface area contributed by atoms with Crippen LogP contribution in [0.5, 0.6) is 0 Å². The molecule has 0 aliphatic carbocycles. The second-order valence-corrected chi connectivity index (χ2v) is 7.00. The molecule has 2 aromatic carbocycles. The number of aryl methyl sites for hydroxylation is 2. The molecule has 0 saturated carbocycles. The molecule has 4 rings (SSSR count). The Balaban J connectivity index is 0.00000240. The van der Waals surface area contributed by atoms with Crippen molar-refractivity contribution in [2.75, 3.05) is 11.9 Å². The first kappa shape index (κ1) is 21.0. The van der Waals surface area contributed by atoms with E-state index in [1.807, 2.05) is 25.1 Å². The van der Waals surface area contributed by atoms with Crippen molar-refractivity contribution in [3.63, 3.8) is 0 Å². The molecule has 152 valence electrons. The third kappa shape index (κ3) is 4.16. The molecule has 1 aliphatic heterocycles. The molecule has 0 radical (unpaired) electrons. The number of halogens is 2. The van der Waals surface area contributed by atoms with Gasteiger partial charge < -0.3 is 10.6 Å². The van der Waals surface area contributed by atoms with Gasteiger partial charge in [0.25, 0.3) is 5.56 Å². The number of aromatic nitrogens is 2. The smallest absolute Gasteiger partial charge is 0.261 e. The summed E-state index contributed by atoms with van der Waals surface area (Å²) in [6.07, 6.45) is 2.11. The van der Waals surface area contributed by atoms with Gasteiger partial charge in [-0.15, -0.1) is 12.4 Å². The molecule has 0 fully saturated rings. The Morgan fingerprint density at radius 3 is 2.97 bits per heavy atom. The van der Waals surface area contributed by atoms with Gasteiger partial charge in [0.05, 0.1) is 22.9 Å². The van der Waals surface area contributed by atoms with E-state index in [0.29, 0.717) is 29.4 Å². The second kappa shape index (κ2) is 8.71. The van der Waals surface area contributed by atoms with E-state index in [9.17, 15) is 14.0 Å². The minimum absolute atomic E-state index is 0. The highest BCUT2D eigenvalue weighted by molar-refractivity contribution is 5.91. The summed E-state index contributed by atoms with van der Waals surface area (Å²) >= 11 is 0. The number of nitrogens with one attached hydrogen (secondary N) is 2. The third-order valence-electron chi connectivity index (χ3n) is 5.12. The number of anilines is 1. The minimum Gasteiger partial charge on any atom is -0.324 e. The number of benzene rings is 2. The van der Waals surface area contributed by atoms with Crippen LogP contribution in [0, 0.1) is 12.7 Å². The summed E-state index contributed by atoms with van der Waals surface area (Å²) in [5, 5.41) is 6.35. The van der Waals surface area contributed by atoms with Crippen molar-refractivity contribution in [2.24, 2.45) is 0 Å². The molecular weight excluding hydrogens is 395 g/mol. The predicted octanol–water partition coefficient (Wildman–Crippen LogP) is 2.94. The predicted molar refractivity (Wildman–Crippen MR) is 113 cm³/mol. The number of nitrogens with zero attached hydrogens (tertiary/aromatic N) is 2. The number of fused-ring (bicyclic) bond motifs is 2. The monoisotopic (exact) mass is 416 g/mol. The van der Waals surface area contributed by atoms with Gasteiger partial charge in [-0.05, 0) is 48.7 Å². The summed E-state index contributed by atoms with van der Waals surface area (Å²) in [6.45, 7) is 3.43. The molecular formula is C21H22ClFN4O2. The molecule has 2 heterocycles. The molecule has 8 heteroatoms. The standard InChI is InChI=1S/C21H21FN4O2.ClH/c1-13-3-2-4-16-20(13)24-12-26(21(16)28)10-8-18(27)25-17-6-5-14-11-23-9-7-15(14)19(17)22;/h2-6,12,23H,7-11H2,1H3,(H,25,27);1H. The Labute approximate surface area is 173 Å². The van der Waals surface area contributed by atoms with Crippen LogP contribution >= 0.6 is 12.4 Å². The van der Waals surface area contributed by atoms with Crippen LogP contribution in [0.25, 0.3) is 10.9 Å². The van der Waals surface area contributed by atoms with Crippen molar-refractivity contribution in [1.82, 2.24) is 14.9 Å². The van der Waals surface area contributed by atoms with Gasteiger partial charge in [-0.2, -0.15) is 0 Å². The minimum atomic E-state index is -0.368. The molecule has 1 aromatic heterocycles. The maximum absolute atomic E-state index is 14.6. The summed E-state index contributed by atoms with van der Waals surface area (Å²) in [5.41, 5.74) is 3.17. The zero-order valence-electron chi connectivity index (χ0n) is 16.0. The lowest BCUT2D eigenvalue weighted by Crippen LogP contribution is -2.26. The number of carbonyl (C=O) groups excluding carboxylic acids is 1. The Morgan fingerprint density at radius 2 is 2.14 bits per heavy atom. The molecule has 0 unspecified atom stereocenters. The van der Waals surface area contributed by atoms with Gasteiger partial charge in [-0.1, -0.05) is 18.2 Å². The SMILES string of the molecule is Cc1cccc2c(=O)n(CCC(=O)Nc3ccc4c(c3F)CCNC4)cnc12.Cl. The lowest BCUT2D eigenvalue weighted by molar-refractivity contribution is -0.116. The van der Waals surface area contributed by atoms with E-state index in [4.69, 9.17) is 0 Å². The van der Waals surface area contributed by atoms with E-state index < -0.39 is 0 Å².